The Bertz CT molecular complexity index is 868. The van der Waals surface area contributed by atoms with Gasteiger partial charge in [0, 0.05) is 12.6 Å². The van der Waals surface area contributed by atoms with Crippen LogP contribution in [0.5, 0.6) is 5.75 Å². The molecule has 0 bridgehead atoms. The maximum absolute atomic E-state index is 11.6. The number of amides is 1. The van der Waals surface area contributed by atoms with Gasteiger partial charge in [-0.05, 0) is 35.4 Å². The van der Waals surface area contributed by atoms with Crippen LogP contribution in [0.25, 0.3) is 0 Å². The van der Waals surface area contributed by atoms with E-state index in [2.05, 4.69) is 5.32 Å². The van der Waals surface area contributed by atoms with Crippen LogP contribution in [-0.2, 0) is 16.1 Å². The molecule has 0 saturated carbocycles. The van der Waals surface area contributed by atoms with Crippen molar-refractivity contribution in [3.63, 3.8) is 0 Å². The second-order valence-electron chi connectivity index (χ2n) is 7.11. The maximum atomic E-state index is 11.6. The van der Waals surface area contributed by atoms with Gasteiger partial charge in [-0.1, -0.05) is 24.3 Å². The van der Waals surface area contributed by atoms with Gasteiger partial charge in [0.05, 0.1) is 24.7 Å². The average Bonchev–Trinajstić information content (AvgIpc) is 2.79. The Hall–Kier alpha value is -2.78. The molecule has 0 aromatic heterocycles. The molecule has 0 spiro atoms. The number of hydrogen-bond donors (Lipinski definition) is 4. The van der Waals surface area contributed by atoms with E-state index in [0.717, 1.165) is 5.56 Å². The van der Waals surface area contributed by atoms with E-state index in [9.17, 15) is 24.9 Å². The molecule has 160 valence electrons. The summed E-state index contributed by atoms with van der Waals surface area (Å²) in [5.74, 6) is -0.647. The van der Waals surface area contributed by atoms with Crippen LogP contribution in [0, 0.1) is 5.92 Å². The topological polar surface area (TPSA) is 125 Å². The molecule has 8 nitrogen and oxygen atoms in total. The lowest BCUT2D eigenvalue weighted by Crippen LogP contribution is -2.52. The Labute approximate surface area is 174 Å². The van der Waals surface area contributed by atoms with Gasteiger partial charge in [0.1, 0.15) is 30.9 Å². The molecule has 4 N–H and O–H groups in total. The number of aliphatic hydroxyl groups excluding tert-OH is 3. The average molecular weight is 415 g/mol. The van der Waals surface area contributed by atoms with Crippen molar-refractivity contribution >= 4 is 12.2 Å². The van der Waals surface area contributed by atoms with E-state index in [0.29, 0.717) is 23.2 Å². The lowest BCUT2D eigenvalue weighted by Gasteiger charge is -2.40. The molecular formula is C22H25NO7. The van der Waals surface area contributed by atoms with Gasteiger partial charge in [0.2, 0.25) is 0 Å². The lowest BCUT2D eigenvalue weighted by atomic mass is 9.85. The van der Waals surface area contributed by atoms with Crippen LogP contribution in [0.2, 0.25) is 0 Å². The Kier molecular flexibility index (Phi) is 7.17. The Morgan fingerprint density at radius 2 is 1.90 bits per heavy atom. The summed E-state index contributed by atoms with van der Waals surface area (Å²) < 4.78 is 11.5. The summed E-state index contributed by atoms with van der Waals surface area (Å²) in [6.07, 6.45) is -4.00. The van der Waals surface area contributed by atoms with E-state index >= 15 is 0 Å². The number of benzene rings is 2. The van der Waals surface area contributed by atoms with Crippen LogP contribution in [0.15, 0.2) is 48.5 Å². The monoisotopic (exact) mass is 415 g/mol. The SMILES string of the molecule is CNC(=O)c1ccc(COc2cccc(C3OC(CO)C(C=O)C(O)C3O)c2)cc1. The standard InChI is InChI=1S/C22H25NO7/c1-23-22(28)14-7-5-13(6-8-14)12-29-16-4-2-3-15(9-16)21-20(27)19(26)17(10-24)18(11-25)30-21/h2-10,17-21,25-27H,11-12H2,1H3,(H,23,28). The van der Waals surface area contributed by atoms with E-state index in [-0.39, 0.29) is 12.5 Å². The number of nitrogens with one attached hydrogen (secondary N) is 1. The Morgan fingerprint density at radius 3 is 2.53 bits per heavy atom. The largest absolute Gasteiger partial charge is 0.489 e. The predicted molar refractivity (Wildman–Crippen MR) is 107 cm³/mol. The fraction of sp³-hybridized carbons (Fsp3) is 0.364. The molecule has 5 unspecified atom stereocenters. The molecule has 0 radical (unpaired) electrons. The molecular weight excluding hydrogens is 390 g/mol. The van der Waals surface area contributed by atoms with E-state index in [1.54, 1.807) is 55.6 Å². The van der Waals surface area contributed by atoms with Crippen LogP contribution in [-0.4, -0.2) is 59.5 Å². The fourth-order valence-electron chi connectivity index (χ4n) is 3.44. The second kappa shape index (κ2) is 9.82. The predicted octanol–water partition coefficient (Wildman–Crippen LogP) is 0.594. The van der Waals surface area contributed by atoms with Gasteiger partial charge >= 0.3 is 0 Å². The first kappa shape index (κ1) is 21.9. The molecule has 3 rings (SSSR count). The first-order chi connectivity index (χ1) is 14.5. The summed E-state index contributed by atoms with van der Waals surface area (Å²) in [6.45, 7) is -0.188. The first-order valence-electron chi connectivity index (χ1n) is 9.60. The number of aldehydes is 1. The quantitative estimate of drug-likeness (QED) is 0.488. The van der Waals surface area contributed by atoms with Crippen LogP contribution in [0.4, 0.5) is 0 Å². The van der Waals surface area contributed by atoms with Crippen molar-refractivity contribution in [3.8, 4) is 5.75 Å². The van der Waals surface area contributed by atoms with Crippen LogP contribution < -0.4 is 10.1 Å². The van der Waals surface area contributed by atoms with Crippen molar-refractivity contribution in [2.45, 2.75) is 31.0 Å². The number of hydrogen-bond acceptors (Lipinski definition) is 7. The number of rotatable bonds is 7. The molecule has 30 heavy (non-hydrogen) atoms. The summed E-state index contributed by atoms with van der Waals surface area (Å²) in [6, 6.07) is 13.9. The van der Waals surface area contributed by atoms with Crippen LogP contribution in [0.3, 0.4) is 0 Å². The highest BCUT2D eigenvalue weighted by Gasteiger charge is 2.44. The molecule has 1 aliphatic heterocycles. The highest BCUT2D eigenvalue weighted by atomic mass is 16.5. The van der Waals surface area contributed by atoms with Crippen molar-refractivity contribution in [1.29, 1.82) is 0 Å². The van der Waals surface area contributed by atoms with Gasteiger partial charge in [-0.15, -0.1) is 0 Å². The molecule has 1 saturated heterocycles. The molecule has 5 atom stereocenters. The zero-order valence-electron chi connectivity index (χ0n) is 16.5. The summed E-state index contributed by atoms with van der Waals surface area (Å²) in [4.78, 5) is 22.8. The minimum atomic E-state index is -1.35. The van der Waals surface area contributed by atoms with E-state index < -0.39 is 36.9 Å². The minimum Gasteiger partial charge on any atom is -0.489 e. The number of carbonyl (C=O) groups is 2. The third kappa shape index (κ3) is 4.68. The second-order valence-corrected chi connectivity index (χ2v) is 7.11. The molecule has 1 amide bonds. The van der Waals surface area contributed by atoms with E-state index in [1.807, 2.05) is 0 Å². The van der Waals surface area contributed by atoms with Crippen molar-refractivity contribution in [3.05, 3.63) is 65.2 Å². The van der Waals surface area contributed by atoms with Crippen molar-refractivity contribution in [2.24, 2.45) is 5.92 Å². The summed E-state index contributed by atoms with van der Waals surface area (Å²) in [5.41, 5.74) is 1.97. The Balaban J connectivity index is 1.70. The molecule has 2 aromatic carbocycles. The molecule has 1 aliphatic rings. The highest BCUT2D eigenvalue weighted by Crippen LogP contribution is 2.35. The summed E-state index contributed by atoms with van der Waals surface area (Å²) in [7, 11) is 1.57. The van der Waals surface area contributed by atoms with Gasteiger partial charge < -0.3 is 34.9 Å². The smallest absolute Gasteiger partial charge is 0.251 e. The van der Waals surface area contributed by atoms with Gasteiger partial charge in [-0.25, -0.2) is 0 Å². The third-order valence-corrected chi connectivity index (χ3v) is 5.18. The lowest BCUT2D eigenvalue weighted by molar-refractivity contribution is -0.206. The molecule has 8 heteroatoms. The van der Waals surface area contributed by atoms with Gasteiger partial charge in [-0.3, -0.25) is 4.79 Å². The number of aliphatic hydroxyl groups is 3. The molecule has 1 fully saturated rings. The zero-order valence-corrected chi connectivity index (χ0v) is 16.5. The summed E-state index contributed by atoms with van der Waals surface area (Å²) >= 11 is 0. The van der Waals surface area contributed by atoms with Crippen molar-refractivity contribution in [1.82, 2.24) is 5.32 Å². The normalized spacial score (nSPS) is 26.1. The zero-order chi connectivity index (χ0) is 21.7. The third-order valence-electron chi connectivity index (χ3n) is 5.18. The van der Waals surface area contributed by atoms with Crippen molar-refractivity contribution < 1.29 is 34.4 Å². The van der Waals surface area contributed by atoms with Crippen molar-refractivity contribution in [2.75, 3.05) is 13.7 Å². The number of ether oxygens (including phenoxy) is 2. The first-order valence-corrected chi connectivity index (χ1v) is 9.60. The Morgan fingerprint density at radius 1 is 1.17 bits per heavy atom. The number of carbonyl (C=O) groups excluding carboxylic acids is 2. The highest BCUT2D eigenvalue weighted by molar-refractivity contribution is 5.93. The van der Waals surface area contributed by atoms with Gasteiger partial charge in [0.25, 0.3) is 5.91 Å². The van der Waals surface area contributed by atoms with E-state index in [1.165, 1.54) is 0 Å². The fourth-order valence-corrected chi connectivity index (χ4v) is 3.44. The van der Waals surface area contributed by atoms with Crippen LogP contribution in [0.1, 0.15) is 27.6 Å². The molecule has 0 aliphatic carbocycles. The minimum absolute atomic E-state index is 0.165. The van der Waals surface area contributed by atoms with Gasteiger partial charge in [-0.2, -0.15) is 0 Å². The molecule has 1 heterocycles. The molecule has 2 aromatic rings. The van der Waals surface area contributed by atoms with E-state index in [4.69, 9.17) is 9.47 Å². The van der Waals surface area contributed by atoms with Crippen LogP contribution >= 0.6 is 0 Å². The van der Waals surface area contributed by atoms with Gasteiger partial charge in [0.15, 0.2) is 0 Å². The maximum Gasteiger partial charge on any atom is 0.251 e. The summed E-state index contributed by atoms with van der Waals surface area (Å²) in [5, 5.41) is 32.7.